The van der Waals surface area contributed by atoms with Crippen LogP contribution in [0.4, 0.5) is 0 Å². The fourth-order valence-corrected chi connectivity index (χ4v) is 7.59. The first kappa shape index (κ1) is 35.3. The molecule has 3 heterocycles. The van der Waals surface area contributed by atoms with Crippen molar-refractivity contribution in [1.29, 1.82) is 0 Å². The van der Waals surface area contributed by atoms with Crippen LogP contribution in [0.3, 0.4) is 0 Å². The molecule has 11 nitrogen and oxygen atoms in total. The van der Waals surface area contributed by atoms with Crippen LogP contribution in [0.5, 0.6) is 0 Å². The minimum Gasteiger partial charge on any atom is -0.392 e. The number of para-hydroxylation sites is 3. The van der Waals surface area contributed by atoms with E-state index in [4.69, 9.17) is 9.47 Å². The van der Waals surface area contributed by atoms with Gasteiger partial charge < -0.3 is 19.9 Å². The fraction of sp³-hybridized carbons (Fsp3) is 0.190. The first-order valence-electron chi connectivity index (χ1n) is 17.7. The van der Waals surface area contributed by atoms with Gasteiger partial charge in [0.05, 0.1) is 41.7 Å². The van der Waals surface area contributed by atoms with Crippen molar-refractivity contribution in [3.05, 3.63) is 162 Å². The van der Waals surface area contributed by atoms with Gasteiger partial charge in [-0.25, -0.2) is 4.98 Å². The van der Waals surface area contributed by atoms with Gasteiger partial charge in [0.25, 0.3) is 5.91 Å². The molecular weight excluding hydrogens is 699 g/mol. The molecule has 1 saturated heterocycles. The molecule has 0 aliphatic carbocycles. The molecule has 7 aromatic rings. The quantitative estimate of drug-likeness (QED) is 0.131. The van der Waals surface area contributed by atoms with Crippen LogP contribution in [0.1, 0.15) is 52.1 Å². The summed E-state index contributed by atoms with van der Waals surface area (Å²) in [5.41, 5.74) is 8.23. The minimum absolute atomic E-state index is 0.00885. The molecule has 0 unspecified atom stereocenters. The molecular formula is C42H37N7O4S. The normalized spacial score (nSPS) is 18.4. The highest BCUT2D eigenvalue weighted by molar-refractivity contribution is 7.99. The molecule has 12 heteroatoms. The average Bonchev–Trinajstić information content (AvgIpc) is 3.71. The molecule has 1 fully saturated rings. The molecule has 0 saturated carbocycles. The second-order valence-corrected chi connectivity index (χ2v) is 14.1. The van der Waals surface area contributed by atoms with Crippen molar-refractivity contribution < 1.29 is 19.4 Å². The van der Waals surface area contributed by atoms with Crippen molar-refractivity contribution in [1.82, 2.24) is 35.5 Å². The van der Waals surface area contributed by atoms with Crippen LogP contribution in [0.2, 0.25) is 0 Å². The first-order chi connectivity index (χ1) is 26.5. The van der Waals surface area contributed by atoms with Crippen molar-refractivity contribution in [2.24, 2.45) is 5.92 Å². The molecule has 0 bridgehead atoms. The van der Waals surface area contributed by atoms with Crippen molar-refractivity contribution in [3.8, 4) is 16.8 Å². The van der Waals surface area contributed by atoms with Crippen molar-refractivity contribution in [2.45, 2.75) is 43.7 Å². The lowest BCUT2D eigenvalue weighted by Crippen LogP contribution is -2.38. The Bertz CT molecular complexity index is 2370. The van der Waals surface area contributed by atoms with Crippen LogP contribution >= 0.6 is 11.8 Å². The standard InChI is InChI=1S/C42H37N7O4S/c1-27-38(26-54-42-46-47-48-49(42)34-13-3-2-4-14-34)52-41(53-39(27)30-19-17-28(25-50)18-20-30)33-12-8-11-32(22-33)31-10-7-9-29(21-31)23-44-40(51)37-24-43-35-15-5-6-16-36(35)45-37/h2-22,24,27,38-39,41,50H,23,25-26H2,1H3,(H,44,51)/t27-,38+,39+,41+/m0/s1. The molecule has 4 atom stereocenters. The van der Waals surface area contributed by atoms with Gasteiger partial charge in [0, 0.05) is 23.8 Å². The number of benzene rings is 5. The highest BCUT2D eigenvalue weighted by Gasteiger charge is 2.38. The Hall–Kier alpha value is -5.79. The van der Waals surface area contributed by atoms with Crippen LogP contribution in [0.15, 0.2) is 139 Å². The molecule has 1 amide bonds. The number of aromatic nitrogens is 6. The molecule has 5 aromatic carbocycles. The number of aliphatic hydroxyl groups is 1. The second kappa shape index (κ2) is 16.1. The molecule has 0 spiro atoms. The summed E-state index contributed by atoms with van der Waals surface area (Å²) >= 11 is 1.54. The van der Waals surface area contributed by atoms with Gasteiger partial charge in [-0.1, -0.05) is 110 Å². The van der Waals surface area contributed by atoms with E-state index in [1.807, 2.05) is 109 Å². The van der Waals surface area contributed by atoms with E-state index >= 15 is 0 Å². The van der Waals surface area contributed by atoms with Crippen LogP contribution in [-0.2, 0) is 22.6 Å². The van der Waals surface area contributed by atoms with Gasteiger partial charge in [0.1, 0.15) is 5.69 Å². The summed E-state index contributed by atoms with van der Waals surface area (Å²) in [6, 6.07) is 41.4. The summed E-state index contributed by atoms with van der Waals surface area (Å²) in [5.74, 6) is 0.300. The predicted molar refractivity (Wildman–Crippen MR) is 205 cm³/mol. The maximum Gasteiger partial charge on any atom is 0.271 e. The Labute approximate surface area is 316 Å². The topological polar surface area (TPSA) is 137 Å². The zero-order valence-corrected chi connectivity index (χ0v) is 30.2. The summed E-state index contributed by atoms with van der Waals surface area (Å²) < 4.78 is 15.2. The Kier molecular flexibility index (Phi) is 10.5. The first-order valence-corrected chi connectivity index (χ1v) is 18.7. The number of amides is 1. The molecule has 2 N–H and O–H groups in total. The fourth-order valence-electron chi connectivity index (χ4n) is 6.53. The van der Waals surface area contributed by atoms with E-state index in [-0.39, 0.29) is 36.3 Å². The Morgan fingerprint density at radius 1 is 0.815 bits per heavy atom. The summed E-state index contributed by atoms with van der Waals surface area (Å²) in [6.45, 7) is 2.44. The number of ether oxygens (including phenoxy) is 2. The van der Waals surface area contributed by atoms with Crippen molar-refractivity contribution >= 4 is 28.7 Å². The van der Waals surface area contributed by atoms with Crippen LogP contribution in [0, 0.1) is 5.92 Å². The third-order valence-electron chi connectivity index (χ3n) is 9.50. The Balaban J connectivity index is 1.01. The summed E-state index contributed by atoms with van der Waals surface area (Å²) in [7, 11) is 0. The van der Waals surface area contributed by atoms with E-state index in [0.717, 1.165) is 44.6 Å². The molecule has 54 heavy (non-hydrogen) atoms. The predicted octanol–water partition coefficient (Wildman–Crippen LogP) is 7.28. The van der Waals surface area contributed by atoms with E-state index in [1.165, 1.54) is 6.20 Å². The summed E-state index contributed by atoms with van der Waals surface area (Å²) in [4.78, 5) is 21.8. The smallest absolute Gasteiger partial charge is 0.271 e. The summed E-state index contributed by atoms with van der Waals surface area (Å²) in [5, 5.41) is 25.8. The number of rotatable bonds is 11. The van der Waals surface area contributed by atoms with Crippen LogP contribution in [0.25, 0.3) is 27.8 Å². The van der Waals surface area contributed by atoms with Gasteiger partial charge in [-0.15, -0.1) is 5.10 Å². The molecule has 270 valence electrons. The zero-order valence-electron chi connectivity index (χ0n) is 29.4. The number of nitrogens with one attached hydrogen (secondary N) is 1. The van der Waals surface area contributed by atoms with E-state index in [0.29, 0.717) is 23.0 Å². The number of tetrazole rings is 1. The van der Waals surface area contributed by atoms with Crippen LogP contribution in [-0.4, -0.2) is 53.0 Å². The number of carbonyl (C=O) groups excluding carboxylic acids is 1. The van der Waals surface area contributed by atoms with Crippen LogP contribution < -0.4 is 5.32 Å². The largest absolute Gasteiger partial charge is 0.392 e. The van der Waals surface area contributed by atoms with E-state index in [2.05, 4.69) is 55.9 Å². The lowest BCUT2D eigenvalue weighted by atomic mass is 9.91. The monoisotopic (exact) mass is 735 g/mol. The third-order valence-corrected chi connectivity index (χ3v) is 10.5. The highest BCUT2D eigenvalue weighted by Crippen LogP contribution is 2.43. The number of hydrogen-bond donors (Lipinski definition) is 2. The second-order valence-electron chi connectivity index (χ2n) is 13.1. The van der Waals surface area contributed by atoms with Crippen molar-refractivity contribution in [2.75, 3.05) is 5.75 Å². The van der Waals surface area contributed by atoms with Gasteiger partial charge >= 0.3 is 0 Å². The minimum atomic E-state index is -0.648. The number of aliphatic hydroxyl groups excluding tert-OH is 1. The van der Waals surface area contributed by atoms with Gasteiger partial charge in [-0.2, -0.15) is 4.68 Å². The van der Waals surface area contributed by atoms with Gasteiger partial charge in [0.2, 0.25) is 5.16 Å². The van der Waals surface area contributed by atoms with Gasteiger partial charge in [-0.3, -0.25) is 9.78 Å². The zero-order chi connectivity index (χ0) is 36.9. The SMILES string of the molecule is C[C@H]1[C@@H](CSc2nnnn2-c2ccccc2)O[C@@H](c2cccc(-c3cccc(CNC(=O)c4cnc5ccccc5n4)c3)c2)O[C@H]1c1ccc(CO)cc1. The molecule has 2 aromatic heterocycles. The number of nitrogens with zero attached hydrogens (tertiary/aromatic N) is 6. The maximum atomic E-state index is 13.0. The third kappa shape index (κ3) is 7.78. The molecule has 8 rings (SSSR count). The maximum absolute atomic E-state index is 13.0. The molecule has 1 aliphatic rings. The van der Waals surface area contributed by atoms with E-state index in [9.17, 15) is 9.90 Å². The highest BCUT2D eigenvalue weighted by atomic mass is 32.2. The van der Waals surface area contributed by atoms with E-state index < -0.39 is 6.29 Å². The number of thioether (sulfide) groups is 1. The lowest BCUT2D eigenvalue weighted by Gasteiger charge is -2.41. The van der Waals surface area contributed by atoms with Gasteiger partial charge in [-0.05, 0) is 74.6 Å². The Morgan fingerprint density at radius 2 is 1.57 bits per heavy atom. The van der Waals surface area contributed by atoms with E-state index in [1.54, 1.807) is 16.4 Å². The number of hydrogen-bond acceptors (Lipinski definition) is 10. The van der Waals surface area contributed by atoms with Crippen molar-refractivity contribution in [3.63, 3.8) is 0 Å². The molecule has 0 radical (unpaired) electrons. The van der Waals surface area contributed by atoms with Gasteiger partial charge in [0.15, 0.2) is 6.29 Å². The molecule has 1 aliphatic heterocycles. The number of carbonyl (C=O) groups is 1. The average molecular weight is 736 g/mol. The number of fused-ring (bicyclic) bond motifs is 1. The Morgan fingerprint density at radius 3 is 2.39 bits per heavy atom. The summed E-state index contributed by atoms with van der Waals surface area (Å²) in [6.07, 6.45) is 0.377. The lowest BCUT2D eigenvalue weighted by molar-refractivity contribution is -0.268.